The molecule has 0 amide bonds. The lowest BCUT2D eigenvalue weighted by molar-refractivity contribution is 0.437. The molecule has 0 unspecified atom stereocenters. The van der Waals surface area contributed by atoms with Gasteiger partial charge in [0.05, 0.1) is 0 Å². The second kappa shape index (κ2) is 3.52. The van der Waals surface area contributed by atoms with E-state index in [2.05, 4.69) is 5.32 Å². The fourth-order valence-electron chi connectivity index (χ4n) is 1.43. The van der Waals surface area contributed by atoms with Crippen molar-refractivity contribution in [3.05, 3.63) is 29.6 Å². The third-order valence-electron chi connectivity index (χ3n) is 2.46. The highest BCUT2D eigenvalue weighted by Gasteiger charge is 2.18. The van der Waals surface area contributed by atoms with Crippen molar-refractivity contribution < 1.29 is 13.2 Å². The van der Waals surface area contributed by atoms with Crippen LogP contribution in [0, 0.1) is 17.5 Å². The topological polar surface area (TPSA) is 12.0 Å². The summed E-state index contributed by atoms with van der Waals surface area (Å²) in [6.45, 7) is 0. The maximum Gasteiger partial charge on any atom is 0.194 e. The second-order valence-corrected chi connectivity index (χ2v) is 3.53. The van der Waals surface area contributed by atoms with Crippen molar-refractivity contribution >= 4 is 5.69 Å². The van der Waals surface area contributed by atoms with Gasteiger partial charge in [0.25, 0.3) is 0 Å². The molecule has 2 rings (SSSR count). The van der Waals surface area contributed by atoms with Gasteiger partial charge in [0.2, 0.25) is 0 Å². The molecule has 4 heteroatoms. The van der Waals surface area contributed by atoms with Gasteiger partial charge in [-0.25, -0.2) is 13.2 Å². The predicted octanol–water partition coefficient (Wildman–Crippen LogP) is 3.07. The molecular weight excluding hydrogens is 191 g/mol. The van der Waals surface area contributed by atoms with Crippen molar-refractivity contribution in [2.75, 3.05) is 5.32 Å². The summed E-state index contributed by atoms with van der Waals surface area (Å²) >= 11 is 0. The second-order valence-electron chi connectivity index (χ2n) is 3.53. The summed E-state index contributed by atoms with van der Waals surface area (Å²) in [6.07, 6.45) is 3.13. The van der Waals surface area contributed by atoms with E-state index in [1.54, 1.807) is 0 Å². The summed E-state index contributed by atoms with van der Waals surface area (Å²) in [4.78, 5) is 0. The Morgan fingerprint density at radius 2 is 1.64 bits per heavy atom. The first-order valence-corrected chi connectivity index (χ1v) is 4.58. The number of anilines is 1. The lowest BCUT2D eigenvalue weighted by Gasteiger charge is -2.27. The van der Waals surface area contributed by atoms with Crippen LogP contribution < -0.4 is 5.32 Å². The van der Waals surface area contributed by atoms with Gasteiger partial charge < -0.3 is 5.32 Å². The summed E-state index contributed by atoms with van der Waals surface area (Å²) in [5.41, 5.74) is 0.311. The van der Waals surface area contributed by atoms with E-state index >= 15 is 0 Å². The largest absolute Gasteiger partial charge is 0.382 e. The third-order valence-corrected chi connectivity index (χ3v) is 2.46. The highest BCUT2D eigenvalue weighted by molar-refractivity contribution is 5.45. The van der Waals surface area contributed by atoms with Gasteiger partial charge in [-0.05, 0) is 19.3 Å². The summed E-state index contributed by atoms with van der Waals surface area (Å²) in [6, 6.07) is 2.24. The van der Waals surface area contributed by atoms with E-state index in [4.69, 9.17) is 0 Å². The molecule has 0 spiro atoms. The summed E-state index contributed by atoms with van der Waals surface area (Å²) in [7, 11) is 0. The molecular formula is C10H10F3N. The predicted molar refractivity (Wildman–Crippen MR) is 47.6 cm³/mol. The summed E-state index contributed by atoms with van der Waals surface area (Å²) in [5, 5.41) is 2.94. The van der Waals surface area contributed by atoms with E-state index in [9.17, 15) is 13.2 Å². The molecule has 0 heterocycles. The standard InChI is InChI=1S/C10H10F3N/c11-8-4-7(5-9(12)10(8)13)14-6-2-1-3-6/h4-6,14H,1-3H2. The van der Waals surface area contributed by atoms with Gasteiger partial charge in [-0.15, -0.1) is 0 Å². The summed E-state index contributed by atoms with van der Waals surface area (Å²) in [5.74, 6) is -3.71. The zero-order chi connectivity index (χ0) is 10.1. The lowest BCUT2D eigenvalue weighted by Crippen LogP contribution is -2.27. The SMILES string of the molecule is Fc1cc(NC2CCC2)cc(F)c1F. The Kier molecular flexibility index (Phi) is 2.35. The van der Waals surface area contributed by atoms with Crippen molar-refractivity contribution in [3.8, 4) is 0 Å². The maximum absolute atomic E-state index is 12.8. The zero-order valence-corrected chi connectivity index (χ0v) is 7.49. The number of hydrogen-bond acceptors (Lipinski definition) is 1. The first-order chi connectivity index (χ1) is 6.66. The molecule has 1 aliphatic rings. The average Bonchev–Trinajstić information content (AvgIpc) is 2.07. The van der Waals surface area contributed by atoms with Gasteiger partial charge in [-0.3, -0.25) is 0 Å². The van der Waals surface area contributed by atoms with Crippen LogP contribution in [0.15, 0.2) is 12.1 Å². The quantitative estimate of drug-likeness (QED) is 0.725. The van der Waals surface area contributed by atoms with Crippen LogP contribution in [-0.4, -0.2) is 6.04 Å². The Morgan fingerprint density at radius 1 is 1.07 bits per heavy atom. The van der Waals surface area contributed by atoms with Gasteiger partial charge in [-0.2, -0.15) is 0 Å². The summed E-state index contributed by atoms with van der Waals surface area (Å²) < 4.78 is 38.1. The van der Waals surface area contributed by atoms with Crippen molar-refractivity contribution in [3.63, 3.8) is 0 Å². The monoisotopic (exact) mass is 201 g/mol. The molecule has 1 aromatic rings. The third kappa shape index (κ3) is 1.69. The van der Waals surface area contributed by atoms with Gasteiger partial charge in [0.1, 0.15) is 0 Å². The highest BCUT2D eigenvalue weighted by Crippen LogP contribution is 2.25. The van der Waals surface area contributed by atoms with Crippen molar-refractivity contribution in [1.82, 2.24) is 0 Å². The van der Waals surface area contributed by atoms with Crippen LogP contribution in [-0.2, 0) is 0 Å². The van der Waals surface area contributed by atoms with Crippen molar-refractivity contribution in [1.29, 1.82) is 0 Å². The number of halogens is 3. The number of nitrogens with one attached hydrogen (secondary N) is 1. The first kappa shape index (κ1) is 9.37. The molecule has 1 aromatic carbocycles. The average molecular weight is 201 g/mol. The van der Waals surface area contributed by atoms with Crippen LogP contribution in [0.2, 0.25) is 0 Å². The molecule has 0 bridgehead atoms. The smallest absolute Gasteiger partial charge is 0.194 e. The Morgan fingerprint density at radius 3 is 2.07 bits per heavy atom. The minimum atomic E-state index is -1.41. The van der Waals surface area contributed by atoms with Crippen LogP contribution >= 0.6 is 0 Å². The molecule has 76 valence electrons. The number of rotatable bonds is 2. The Balaban J connectivity index is 2.17. The van der Waals surface area contributed by atoms with Crippen molar-refractivity contribution in [2.45, 2.75) is 25.3 Å². The highest BCUT2D eigenvalue weighted by atomic mass is 19.2. The molecule has 0 saturated heterocycles. The van der Waals surface area contributed by atoms with Crippen LogP contribution in [0.4, 0.5) is 18.9 Å². The van der Waals surface area contributed by atoms with E-state index in [0.29, 0.717) is 5.69 Å². The van der Waals surface area contributed by atoms with Crippen LogP contribution in [0.5, 0.6) is 0 Å². The number of hydrogen-bond donors (Lipinski definition) is 1. The minimum Gasteiger partial charge on any atom is -0.382 e. The minimum absolute atomic E-state index is 0.277. The molecule has 1 saturated carbocycles. The van der Waals surface area contributed by atoms with Gasteiger partial charge in [-0.1, -0.05) is 0 Å². The Labute approximate surface area is 79.9 Å². The molecule has 1 nitrogen and oxygen atoms in total. The Hall–Kier alpha value is -1.19. The van der Waals surface area contributed by atoms with Crippen LogP contribution in [0.25, 0.3) is 0 Å². The van der Waals surface area contributed by atoms with Crippen molar-refractivity contribution in [2.24, 2.45) is 0 Å². The molecule has 1 fully saturated rings. The van der Waals surface area contributed by atoms with E-state index in [1.807, 2.05) is 0 Å². The molecule has 1 aliphatic carbocycles. The molecule has 14 heavy (non-hydrogen) atoms. The first-order valence-electron chi connectivity index (χ1n) is 4.58. The fourth-order valence-corrected chi connectivity index (χ4v) is 1.43. The molecule has 0 aromatic heterocycles. The lowest BCUT2D eigenvalue weighted by atomic mass is 9.93. The zero-order valence-electron chi connectivity index (χ0n) is 7.49. The fraction of sp³-hybridized carbons (Fsp3) is 0.400. The van der Waals surface area contributed by atoms with E-state index in [0.717, 1.165) is 31.4 Å². The van der Waals surface area contributed by atoms with E-state index < -0.39 is 17.5 Å². The van der Waals surface area contributed by atoms with Gasteiger partial charge in [0.15, 0.2) is 17.5 Å². The van der Waals surface area contributed by atoms with E-state index in [1.165, 1.54) is 0 Å². The Bertz CT molecular complexity index is 324. The molecule has 0 aliphatic heterocycles. The van der Waals surface area contributed by atoms with Crippen LogP contribution in [0.1, 0.15) is 19.3 Å². The van der Waals surface area contributed by atoms with Crippen LogP contribution in [0.3, 0.4) is 0 Å². The normalized spacial score (nSPS) is 16.5. The number of benzene rings is 1. The molecule has 0 radical (unpaired) electrons. The van der Waals surface area contributed by atoms with Gasteiger partial charge >= 0.3 is 0 Å². The van der Waals surface area contributed by atoms with Gasteiger partial charge in [0, 0.05) is 23.9 Å². The van der Waals surface area contributed by atoms with E-state index in [-0.39, 0.29) is 6.04 Å². The maximum atomic E-state index is 12.8. The molecule has 0 atom stereocenters. The molecule has 1 N–H and O–H groups in total.